The van der Waals surface area contributed by atoms with Crippen molar-refractivity contribution >= 4 is 32.5 Å². The summed E-state index contributed by atoms with van der Waals surface area (Å²) in [5.74, 6) is 0. The number of sulfonamides is 1. The number of hydrogen-bond acceptors (Lipinski definition) is 5. The van der Waals surface area contributed by atoms with Crippen LogP contribution in [0.15, 0.2) is 36.7 Å². The summed E-state index contributed by atoms with van der Waals surface area (Å²) in [7, 11) is -3.25. The first kappa shape index (κ1) is 16.8. The number of benzene rings is 1. The van der Waals surface area contributed by atoms with Gasteiger partial charge in [0.15, 0.2) is 0 Å². The van der Waals surface area contributed by atoms with Gasteiger partial charge in [-0.3, -0.25) is 9.88 Å². The van der Waals surface area contributed by atoms with Gasteiger partial charge in [0, 0.05) is 30.1 Å². The van der Waals surface area contributed by atoms with E-state index >= 15 is 0 Å². The van der Waals surface area contributed by atoms with E-state index in [9.17, 15) is 18.5 Å². The predicted molar refractivity (Wildman–Crippen MR) is 95.9 cm³/mol. The van der Waals surface area contributed by atoms with Crippen molar-refractivity contribution in [2.24, 2.45) is 0 Å². The van der Waals surface area contributed by atoms with Crippen molar-refractivity contribution in [3.63, 3.8) is 0 Å². The SMILES string of the molecule is CS(=O)(=O)N1CC(N2C[C@H](C#N)N(c3cncc4ccccc34)C2=O)C1. The maximum absolute atomic E-state index is 13.0. The highest BCUT2D eigenvalue weighted by Crippen LogP contribution is 2.33. The number of nitrogens with zero attached hydrogens (tertiary/aromatic N) is 5. The van der Waals surface area contributed by atoms with E-state index in [0.717, 1.165) is 17.0 Å². The van der Waals surface area contributed by atoms with Gasteiger partial charge in [0.2, 0.25) is 10.0 Å². The summed E-state index contributed by atoms with van der Waals surface area (Å²) in [5.41, 5.74) is 0.599. The smallest absolute Gasteiger partial charge is 0.315 e. The molecule has 2 saturated heterocycles. The van der Waals surface area contributed by atoms with E-state index in [4.69, 9.17) is 0 Å². The Bertz CT molecular complexity index is 1020. The van der Waals surface area contributed by atoms with Gasteiger partial charge in [0.25, 0.3) is 0 Å². The first-order chi connectivity index (χ1) is 12.4. The molecule has 0 radical (unpaired) electrons. The van der Waals surface area contributed by atoms with E-state index in [2.05, 4.69) is 11.1 Å². The fourth-order valence-corrected chi connectivity index (χ4v) is 4.36. The minimum Gasteiger partial charge on any atom is -0.315 e. The lowest BCUT2D eigenvalue weighted by Crippen LogP contribution is -2.61. The van der Waals surface area contributed by atoms with E-state index in [1.54, 1.807) is 17.3 Å². The number of amides is 2. The lowest BCUT2D eigenvalue weighted by molar-refractivity contribution is 0.125. The van der Waals surface area contributed by atoms with E-state index in [-0.39, 0.29) is 31.7 Å². The Balaban J connectivity index is 1.65. The summed E-state index contributed by atoms with van der Waals surface area (Å²) in [4.78, 5) is 20.3. The largest absolute Gasteiger partial charge is 0.326 e. The number of anilines is 1. The maximum Gasteiger partial charge on any atom is 0.326 e. The predicted octanol–water partition coefficient (Wildman–Crippen LogP) is 1.01. The molecule has 26 heavy (non-hydrogen) atoms. The van der Waals surface area contributed by atoms with Gasteiger partial charge < -0.3 is 4.90 Å². The van der Waals surface area contributed by atoms with E-state index < -0.39 is 16.1 Å². The number of hydrogen-bond donors (Lipinski definition) is 0. The van der Waals surface area contributed by atoms with E-state index in [1.807, 2.05) is 24.3 Å². The molecule has 1 aromatic carbocycles. The van der Waals surface area contributed by atoms with Gasteiger partial charge in [-0.1, -0.05) is 24.3 Å². The summed E-state index contributed by atoms with van der Waals surface area (Å²) in [6.07, 6.45) is 4.47. The van der Waals surface area contributed by atoms with Crippen molar-refractivity contribution in [1.29, 1.82) is 5.26 Å². The minimum atomic E-state index is -3.25. The third kappa shape index (κ3) is 2.58. The van der Waals surface area contributed by atoms with Crippen molar-refractivity contribution in [3.05, 3.63) is 36.7 Å². The number of carbonyl (C=O) groups excluding carboxylic acids is 1. The van der Waals surface area contributed by atoms with Crippen LogP contribution in [-0.2, 0) is 10.0 Å². The summed E-state index contributed by atoms with van der Waals surface area (Å²) in [6, 6.07) is 8.62. The fraction of sp³-hybridized carbons (Fsp3) is 0.353. The summed E-state index contributed by atoms with van der Waals surface area (Å²) >= 11 is 0. The normalized spacial score (nSPS) is 21.8. The van der Waals surface area contributed by atoms with Crippen LogP contribution in [-0.4, -0.2) is 66.6 Å². The molecule has 8 nitrogen and oxygen atoms in total. The molecular weight excluding hydrogens is 354 g/mol. The number of urea groups is 1. The summed E-state index contributed by atoms with van der Waals surface area (Å²) in [6.45, 7) is 0.787. The summed E-state index contributed by atoms with van der Waals surface area (Å²) in [5, 5.41) is 11.3. The van der Waals surface area contributed by atoms with Crippen molar-refractivity contribution in [2.45, 2.75) is 12.1 Å². The van der Waals surface area contributed by atoms with Crippen LogP contribution in [0.25, 0.3) is 10.8 Å². The third-order valence-electron chi connectivity index (χ3n) is 4.93. The molecule has 2 aliphatic rings. The van der Waals surface area contributed by atoms with Gasteiger partial charge in [-0.15, -0.1) is 0 Å². The van der Waals surface area contributed by atoms with Crippen LogP contribution < -0.4 is 4.90 Å². The first-order valence-electron chi connectivity index (χ1n) is 8.17. The van der Waals surface area contributed by atoms with Crippen molar-refractivity contribution < 1.29 is 13.2 Å². The molecule has 0 unspecified atom stereocenters. The Hall–Kier alpha value is -2.70. The second kappa shape index (κ2) is 5.93. The van der Waals surface area contributed by atoms with Crippen LogP contribution in [0.5, 0.6) is 0 Å². The second-order valence-electron chi connectivity index (χ2n) is 6.56. The van der Waals surface area contributed by atoms with Crippen LogP contribution in [0.3, 0.4) is 0 Å². The average molecular weight is 371 g/mol. The molecule has 3 heterocycles. The average Bonchev–Trinajstić information content (AvgIpc) is 2.88. The summed E-state index contributed by atoms with van der Waals surface area (Å²) < 4.78 is 24.4. The zero-order chi connectivity index (χ0) is 18.5. The Morgan fingerprint density at radius 2 is 1.92 bits per heavy atom. The quantitative estimate of drug-likeness (QED) is 0.802. The molecule has 0 aliphatic carbocycles. The highest BCUT2D eigenvalue weighted by Gasteiger charge is 2.47. The molecule has 0 spiro atoms. The molecule has 1 aromatic heterocycles. The Kier molecular flexibility index (Phi) is 3.82. The molecular formula is C17H17N5O3S. The zero-order valence-corrected chi connectivity index (χ0v) is 14.9. The number of rotatable bonds is 3. The number of fused-ring (bicyclic) bond motifs is 1. The maximum atomic E-state index is 13.0. The second-order valence-corrected chi connectivity index (χ2v) is 8.55. The lowest BCUT2D eigenvalue weighted by atomic mass is 10.1. The Morgan fingerprint density at radius 3 is 2.62 bits per heavy atom. The molecule has 0 N–H and O–H groups in total. The minimum absolute atomic E-state index is 0.207. The highest BCUT2D eigenvalue weighted by molar-refractivity contribution is 7.88. The fourth-order valence-electron chi connectivity index (χ4n) is 3.47. The molecule has 1 atom stereocenters. The van der Waals surface area contributed by atoms with E-state index in [1.165, 1.54) is 9.21 Å². The third-order valence-corrected chi connectivity index (χ3v) is 6.16. The van der Waals surface area contributed by atoms with Crippen LogP contribution in [0.1, 0.15) is 0 Å². The van der Waals surface area contributed by atoms with Gasteiger partial charge in [-0.2, -0.15) is 9.57 Å². The van der Waals surface area contributed by atoms with Crippen molar-refractivity contribution in [2.75, 3.05) is 30.8 Å². The molecule has 4 rings (SSSR count). The van der Waals surface area contributed by atoms with Crippen LogP contribution in [0.4, 0.5) is 10.5 Å². The highest BCUT2D eigenvalue weighted by atomic mass is 32.2. The monoisotopic (exact) mass is 371 g/mol. The van der Waals surface area contributed by atoms with Gasteiger partial charge in [0.05, 0.1) is 36.8 Å². The van der Waals surface area contributed by atoms with Crippen molar-refractivity contribution in [1.82, 2.24) is 14.2 Å². The molecule has 0 bridgehead atoms. The van der Waals surface area contributed by atoms with Crippen LogP contribution >= 0.6 is 0 Å². The van der Waals surface area contributed by atoms with Gasteiger partial charge in [0.1, 0.15) is 6.04 Å². The standard InChI is InChI=1S/C17H17N5O3S/c1-26(24,25)20-9-14(10-20)21-11-13(6-18)22(17(21)23)16-8-19-7-12-4-2-3-5-15(12)16/h2-5,7-8,13-14H,9-11H2,1H3/t13-/m0/s1. The molecule has 134 valence electrons. The van der Waals surface area contributed by atoms with E-state index in [0.29, 0.717) is 5.69 Å². The number of carbonyl (C=O) groups is 1. The number of pyridine rings is 1. The molecule has 0 saturated carbocycles. The van der Waals surface area contributed by atoms with Crippen LogP contribution in [0, 0.1) is 11.3 Å². The first-order valence-corrected chi connectivity index (χ1v) is 10.0. The molecule has 2 fully saturated rings. The van der Waals surface area contributed by atoms with Gasteiger partial charge in [-0.25, -0.2) is 13.2 Å². The van der Waals surface area contributed by atoms with Gasteiger partial charge in [-0.05, 0) is 0 Å². The number of aromatic nitrogens is 1. The molecule has 2 amide bonds. The Morgan fingerprint density at radius 1 is 1.19 bits per heavy atom. The molecule has 2 aromatic rings. The lowest BCUT2D eigenvalue weighted by Gasteiger charge is -2.41. The van der Waals surface area contributed by atoms with Crippen LogP contribution in [0.2, 0.25) is 0 Å². The molecule has 2 aliphatic heterocycles. The Labute approximate surface area is 151 Å². The zero-order valence-electron chi connectivity index (χ0n) is 14.1. The number of nitriles is 1. The van der Waals surface area contributed by atoms with Crippen molar-refractivity contribution in [3.8, 4) is 6.07 Å². The van der Waals surface area contributed by atoms with Gasteiger partial charge >= 0.3 is 6.03 Å². The topological polar surface area (TPSA) is 97.6 Å². The molecule has 9 heteroatoms.